The number of carbonyl (C=O) groups is 1. The van der Waals surface area contributed by atoms with E-state index < -0.39 is 99.1 Å². The Morgan fingerprint density at radius 2 is 1.82 bits per heavy atom. The number of nitrogens with one attached hydrogen (secondary N) is 2. The van der Waals surface area contributed by atoms with Gasteiger partial charge in [-0.3, -0.25) is 18.9 Å². The summed E-state index contributed by atoms with van der Waals surface area (Å²) in [5.41, 5.74) is -2.96. The number of alkyl halides is 4. The molecule has 1 amide bonds. The van der Waals surface area contributed by atoms with Crippen LogP contribution in [0.15, 0.2) is 42.5 Å². The van der Waals surface area contributed by atoms with Crippen molar-refractivity contribution in [2.45, 2.75) is 55.6 Å². The molecule has 3 N–H and O–H groups in total. The molecule has 2 aliphatic heterocycles. The van der Waals surface area contributed by atoms with E-state index in [2.05, 4.69) is 43.9 Å². The Morgan fingerprint density at radius 3 is 2.52 bits per heavy atom. The first-order valence-corrected chi connectivity index (χ1v) is 21.2. The van der Waals surface area contributed by atoms with Crippen LogP contribution in [0.3, 0.4) is 0 Å². The number of ether oxygens (including phenoxy) is 2. The molecule has 3 aromatic heterocycles. The van der Waals surface area contributed by atoms with Gasteiger partial charge in [-0.05, 0) is 54.7 Å². The number of anilines is 1. The van der Waals surface area contributed by atoms with E-state index in [0.717, 1.165) is 18.4 Å². The number of hydrogen-bond acceptors (Lipinski definition) is 9. The smallest absolute Gasteiger partial charge is 0.304 e. The van der Waals surface area contributed by atoms with Crippen LogP contribution in [0.25, 0.3) is 22.0 Å². The van der Waals surface area contributed by atoms with E-state index in [0.29, 0.717) is 29.3 Å². The molecule has 21 heteroatoms. The van der Waals surface area contributed by atoms with Gasteiger partial charge >= 0.3 is 5.92 Å². The normalized spacial score (nSPS) is 23.5. The summed E-state index contributed by atoms with van der Waals surface area (Å²) < 4.78 is 129. The summed E-state index contributed by atoms with van der Waals surface area (Å²) in [6, 6.07) is 7.37. The van der Waals surface area contributed by atoms with E-state index in [-0.39, 0.29) is 57.3 Å². The zero-order chi connectivity index (χ0) is 44.0. The number of benzene rings is 2. The average molecular weight is 900 g/mol. The molecule has 6 atom stereocenters. The minimum atomic E-state index is -3.86. The maximum atomic E-state index is 15.6. The van der Waals surface area contributed by atoms with Gasteiger partial charge in [0, 0.05) is 29.8 Å². The molecule has 9 rings (SSSR count). The number of halogens is 7. The number of amides is 1. The maximum Gasteiger partial charge on any atom is 0.304 e. The second-order valence-corrected chi connectivity index (χ2v) is 17.6. The average Bonchev–Trinajstić information content (AvgIpc) is 3.95. The number of aromatic nitrogens is 5. The van der Waals surface area contributed by atoms with Gasteiger partial charge in [-0.2, -0.15) is 19.0 Å². The van der Waals surface area contributed by atoms with E-state index >= 15 is 8.78 Å². The fourth-order valence-electron chi connectivity index (χ4n) is 8.61. The molecular formula is C41H32ClF6N7O6S. The van der Waals surface area contributed by atoms with Gasteiger partial charge in [0.1, 0.15) is 41.2 Å². The summed E-state index contributed by atoms with van der Waals surface area (Å²) in [4.78, 5) is 18.9. The summed E-state index contributed by atoms with van der Waals surface area (Å²) in [6.07, 6.45) is -2.90. The molecular weight excluding hydrogens is 868 g/mol. The molecule has 322 valence electrons. The van der Waals surface area contributed by atoms with Gasteiger partial charge < -0.3 is 19.9 Å². The van der Waals surface area contributed by atoms with E-state index in [1.54, 1.807) is 12.1 Å². The number of aliphatic hydroxyl groups is 1. The zero-order valence-corrected chi connectivity index (χ0v) is 33.9. The largest absolute Gasteiger partial charge is 0.375 e. The SMILES string of the molecule is Cn1nc(NS(C)(=O)=O)c2c(Cl)ccc(-c3ccc(C#CC4(O)CO[C@H]5OCC[C@H]54)nc3[C@H](Cc3cc(F)cc(F)c3)NC(=O)Cn3nc(C(F)F)c4c3C(F)(F)[C@@H]3C#C[C@H]43)c21. The minimum Gasteiger partial charge on any atom is -0.375 e. The molecule has 5 heterocycles. The summed E-state index contributed by atoms with van der Waals surface area (Å²) >= 11 is 6.62. The highest BCUT2D eigenvalue weighted by molar-refractivity contribution is 7.92. The van der Waals surface area contributed by atoms with Gasteiger partial charge in [0.25, 0.3) is 6.43 Å². The molecule has 2 aromatic carbocycles. The Balaban J connectivity index is 1.19. The molecule has 2 aliphatic carbocycles. The van der Waals surface area contributed by atoms with Crippen molar-refractivity contribution in [2.24, 2.45) is 18.9 Å². The Bertz CT molecular complexity index is 2940. The predicted octanol–water partition coefficient (Wildman–Crippen LogP) is 5.47. The van der Waals surface area contributed by atoms with Crippen molar-refractivity contribution in [2.75, 3.05) is 24.2 Å². The van der Waals surface area contributed by atoms with Crippen LogP contribution >= 0.6 is 11.6 Å². The number of pyridine rings is 1. The third kappa shape index (κ3) is 7.23. The molecule has 5 aromatic rings. The fraction of sp³-hybridized carbons (Fsp3) is 0.366. The highest BCUT2D eigenvalue weighted by Gasteiger charge is 2.61. The summed E-state index contributed by atoms with van der Waals surface area (Å²) in [6.45, 7) is -0.798. The van der Waals surface area contributed by atoms with Crippen molar-refractivity contribution in [3.63, 3.8) is 0 Å². The molecule has 0 spiro atoms. The Labute approximate surface area is 353 Å². The van der Waals surface area contributed by atoms with E-state index in [1.807, 2.05) is 0 Å². The van der Waals surface area contributed by atoms with Gasteiger partial charge in [-0.25, -0.2) is 31.0 Å². The molecule has 1 unspecified atom stereocenters. The highest BCUT2D eigenvalue weighted by Crippen LogP contribution is 2.57. The van der Waals surface area contributed by atoms with E-state index in [1.165, 1.54) is 23.9 Å². The molecule has 2 fully saturated rings. The lowest BCUT2D eigenvalue weighted by molar-refractivity contribution is -0.123. The van der Waals surface area contributed by atoms with Crippen LogP contribution in [0, 0.1) is 47.2 Å². The Hall–Kier alpha value is -5.64. The van der Waals surface area contributed by atoms with Crippen molar-refractivity contribution in [3.8, 4) is 34.8 Å². The summed E-state index contributed by atoms with van der Waals surface area (Å²) in [5, 5.41) is 22.5. The number of rotatable bonds is 10. The second-order valence-electron chi connectivity index (χ2n) is 15.5. The van der Waals surface area contributed by atoms with Crippen LogP contribution in [0.5, 0.6) is 0 Å². The predicted molar refractivity (Wildman–Crippen MR) is 209 cm³/mol. The number of fused-ring (bicyclic) bond motifs is 5. The van der Waals surface area contributed by atoms with Crippen LogP contribution in [-0.4, -0.2) is 75.3 Å². The number of hydrogen-bond donors (Lipinski definition) is 3. The standard InChI is InChI=1S/C41H32ClF6N7O6S/c1-54-35-24(6-8-28(42)32(35)38(52-54)53-62(2,58)59)23-4-3-22(9-11-40(57)18-61-39-27(40)10-12-60-39)49-33(23)29(15-19-13-20(43)16-21(44)14-19)50-30(56)17-55-36-31(34(51-55)37(45)46)25-5-7-26(25)41(36,47)48/h3-4,6,8,13-14,16,25-27,29,37,39,57H,10,12,15,17-18H2,1-2H3,(H,50,56)(H,52,53)/t25-,26+,27+,29-,39+,40?/m0/s1. The monoisotopic (exact) mass is 899 g/mol. The zero-order valence-electron chi connectivity index (χ0n) is 32.3. The van der Waals surface area contributed by atoms with Crippen LogP contribution in [0.2, 0.25) is 5.02 Å². The highest BCUT2D eigenvalue weighted by atomic mass is 35.5. The number of carbonyl (C=O) groups excluding carboxylic acids is 1. The van der Waals surface area contributed by atoms with Crippen molar-refractivity contribution in [1.82, 2.24) is 29.9 Å². The van der Waals surface area contributed by atoms with Crippen molar-refractivity contribution in [3.05, 3.63) is 93.0 Å². The van der Waals surface area contributed by atoms with Crippen molar-refractivity contribution >= 4 is 44.3 Å². The van der Waals surface area contributed by atoms with Gasteiger partial charge in [0.15, 0.2) is 17.7 Å². The lowest BCUT2D eigenvalue weighted by Crippen LogP contribution is -2.36. The van der Waals surface area contributed by atoms with Crippen LogP contribution in [-0.2, 0) is 50.2 Å². The minimum absolute atomic E-state index is 0.00950. The first-order chi connectivity index (χ1) is 29.3. The quantitative estimate of drug-likeness (QED) is 0.122. The first-order valence-electron chi connectivity index (χ1n) is 19.0. The van der Waals surface area contributed by atoms with Crippen LogP contribution < -0.4 is 10.0 Å². The topological polar surface area (TPSA) is 162 Å². The fourth-order valence-corrected chi connectivity index (χ4v) is 9.35. The summed E-state index contributed by atoms with van der Waals surface area (Å²) in [5.74, 6) is 0.555. The lowest BCUT2D eigenvalue weighted by Gasteiger charge is -2.24. The molecule has 0 radical (unpaired) electrons. The molecule has 13 nitrogen and oxygen atoms in total. The van der Waals surface area contributed by atoms with Crippen LogP contribution in [0.1, 0.15) is 58.7 Å². The number of aryl methyl sites for hydroxylation is 1. The van der Waals surface area contributed by atoms with Gasteiger partial charge in [0.05, 0.1) is 59.0 Å². The van der Waals surface area contributed by atoms with E-state index in [4.69, 9.17) is 26.1 Å². The van der Waals surface area contributed by atoms with Gasteiger partial charge in [0.2, 0.25) is 15.9 Å². The third-order valence-electron chi connectivity index (χ3n) is 11.3. The first kappa shape index (κ1) is 41.7. The van der Waals surface area contributed by atoms with Crippen molar-refractivity contribution in [1.29, 1.82) is 0 Å². The van der Waals surface area contributed by atoms with E-state index in [9.17, 15) is 35.9 Å². The van der Waals surface area contributed by atoms with Gasteiger partial charge in [-0.1, -0.05) is 35.4 Å². The maximum absolute atomic E-state index is 15.6. The molecule has 62 heavy (non-hydrogen) atoms. The number of sulfonamides is 1. The molecule has 4 aliphatic rings. The lowest BCUT2D eigenvalue weighted by atomic mass is 9.84. The Morgan fingerprint density at radius 1 is 1.08 bits per heavy atom. The second kappa shape index (κ2) is 15.0. The van der Waals surface area contributed by atoms with Crippen LogP contribution in [0.4, 0.5) is 32.2 Å². The molecule has 2 saturated heterocycles. The number of nitrogens with zero attached hydrogens (tertiary/aromatic N) is 5. The third-order valence-corrected chi connectivity index (χ3v) is 12.1. The van der Waals surface area contributed by atoms with Gasteiger partial charge in [-0.15, -0.1) is 0 Å². The Kier molecular flexibility index (Phi) is 10.1. The summed E-state index contributed by atoms with van der Waals surface area (Å²) in [7, 11) is -2.34. The molecule has 0 saturated carbocycles. The van der Waals surface area contributed by atoms with Crippen molar-refractivity contribution < 1.29 is 54.1 Å². The molecule has 0 bridgehead atoms.